The number of fused-ring (bicyclic) bond motifs is 1. The normalized spacial score (nSPS) is 16.0. The smallest absolute Gasteiger partial charge is 0.222 e. The highest BCUT2D eigenvalue weighted by molar-refractivity contribution is 6.30. The Kier molecular flexibility index (Phi) is 4.78. The van der Waals surface area contributed by atoms with Gasteiger partial charge >= 0.3 is 0 Å². The number of aryl methyl sites for hydroxylation is 1. The second kappa shape index (κ2) is 6.81. The molecule has 4 nitrogen and oxygen atoms in total. The van der Waals surface area contributed by atoms with Gasteiger partial charge in [0.1, 0.15) is 11.0 Å². The molecule has 0 atom stereocenters. The molecule has 1 aliphatic rings. The highest BCUT2D eigenvalue weighted by atomic mass is 35.5. The SMILES string of the molecule is CN1CCN(C(=O)CCc2cc3cc(F)ccc3nc2Cl)CC1. The topological polar surface area (TPSA) is 36.4 Å². The van der Waals surface area contributed by atoms with Crippen LogP contribution in [0.3, 0.4) is 0 Å². The summed E-state index contributed by atoms with van der Waals surface area (Å²) in [5.41, 5.74) is 1.44. The van der Waals surface area contributed by atoms with Gasteiger partial charge < -0.3 is 9.80 Å². The molecule has 1 aromatic heterocycles. The highest BCUT2D eigenvalue weighted by Crippen LogP contribution is 2.22. The zero-order valence-corrected chi connectivity index (χ0v) is 13.8. The lowest BCUT2D eigenvalue weighted by molar-refractivity contribution is -0.132. The average Bonchev–Trinajstić information content (AvgIpc) is 2.53. The van der Waals surface area contributed by atoms with Crippen LogP contribution in [0.25, 0.3) is 10.9 Å². The quantitative estimate of drug-likeness (QED) is 0.809. The Morgan fingerprint density at radius 3 is 2.74 bits per heavy atom. The Labute approximate surface area is 139 Å². The number of benzene rings is 1. The predicted octanol–water partition coefficient (Wildman–Crippen LogP) is 2.73. The van der Waals surface area contributed by atoms with E-state index in [9.17, 15) is 9.18 Å². The minimum atomic E-state index is -0.305. The Morgan fingerprint density at radius 1 is 1.26 bits per heavy atom. The number of rotatable bonds is 3. The summed E-state index contributed by atoms with van der Waals surface area (Å²) in [6, 6.07) is 6.23. The molecule has 1 aliphatic heterocycles. The number of hydrogen-bond donors (Lipinski definition) is 0. The number of carbonyl (C=O) groups is 1. The van der Waals surface area contributed by atoms with Crippen LogP contribution in [0, 0.1) is 5.82 Å². The van der Waals surface area contributed by atoms with Gasteiger partial charge in [-0.15, -0.1) is 0 Å². The zero-order valence-electron chi connectivity index (χ0n) is 13.1. The Morgan fingerprint density at radius 2 is 2.00 bits per heavy atom. The lowest BCUT2D eigenvalue weighted by atomic mass is 10.1. The Balaban J connectivity index is 1.69. The van der Waals surface area contributed by atoms with E-state index in [0.29, 0.717) is 28.9 Å². The molecule has 0 radical (unpaired) electrons. The summed E-state index contributed by atoms with van der Waals surface area (Å²) in [6.45, 7) is 3.35. The van der Waals surface area contributed by atoms with Gasteiger partial charge in [0.05, 0.1) is 5.52 Å². The van der Waals surface area contributed by atoms with E-state index in [-0.39, 0.29) is 11.7 Å². The standard InChI is InChI=1S/C17H19ClFN3O/c1-21-6-8-22(9-7-21)16(23)5-2-12-10-13-11-14(19)3-4-15(13)20-17(12)18/h3-4,10-11H,2,5-9H2,1H3. The van der Waals surface area contributed by atoms with Crippen LogP contribution in [0.4, 0.5) is 4.39 Å². The number of piperazine rings is 1. The lowest BCUT2D eigenvalue weighted by Gasteiger charge is -2.32. The first-order valence-electron chi connectivity index (χ1n) is 7.74. The van der Waals surface area contributed by atoms with Gasteiger partial charge in [-0.2, -0.15) is 0 Å². The largest absolute Gasteiger partial charge is 0.340 e. The molecule has 1 saturated heterocycles. The van der Waals surface area contributed by atoms with Crippen LogP contribution >= 0.6 is 11.6 Å². The Bertz CT molecular complexity index is 729. The van der Waals surface area contributed by atoms with E-state index < -0.39 is 0 Å². The maximum Gasteiger partial charge on any atom is 0.222 e. The molecule has 3 rings (SSSR count). The van der Waals surface area contributed by atoms with Crippen molar-refractivity contribution in [2.75, 3.05) is 33.2 Å². The van der Waals surface area contributed by atoms with E-state index in [2.05, 4.69) is 16.9 Å². The number of amides is 1. The number of pyridine rings is 1. The van der Waals surface area contributed by atoms with Crippen molar-refractivity contribution in [3.05, 3.63) is 40.8 Å². The zero-order chi connectivity index (χ0) is 16.4. The minimum Gasteiger partial charge on any atom is -0.340 e. The van der Waals surface area contributed by atoms with Gasteiger partial charge in [0.15, 0.2) is 0 Å². The Hall–Kier alpha value is -1.72. The molecule has 2 aromatic rings. The summed E-state index contributed by atoms with van der Waals surface area (Å²) in [5.74, 6) is -0.172. The minimum absolute atomic E-state index is 0.133. The second-order valence-corrected chi connectivity index (χ2v) is 6.32. The third-order valence-corrected chi connectivity index (χ3v) is 4.59. The van der Waals surface area contributed by atoms with Crippen LogP contribution in [0.5, 0.6) is 0 Å². The van der Waals surface area contributed by atoms with Gasteiger partial charge in [-0.3, -0.25) is 4.79 Å². The van der Waals surface area contributed by atoms with Gasteiger partial charge in [-0.05, 0) is 43.3 Å². The molecule has 0 spiro atoms. The number of nitrogens with zero attached hydrogens (tertiary/aromatic N) is 3. The van der Waals surface area contributed by atoms with Gasteiger partial charge in [-0.25, -0.2) is 9.37 Å². The van der Waals surface area contributed by atoms with E-state index in [1.54, 1.807) is 6.07 Å². The molecule has 23 heavy (non-hydrogen) atoms. The van der Waals surface area contributed by atoms with Crippen molar-refractivity contribution in [2.24, 2.45) is 0 Å². The molecule has 1 aromatic carbocycles. The first-order valence-corrected chi connectivity index (χ1v) is 8.12. The third kappa shape index (κ3) is 3.79. The number of hydrogen-bond acceptors (Lipinski definition) is 3. The molecule has 0 unspecified atom stereocenters. The summed E-state index contributed by atoms with van der Waals surface area (Å²) < 4.78 is 13.3. The fraction of sp³-hybridized carbons (Fsp3) is 0.412. The second-order valence-electron chi connectivity index (χ2n) is 5.96. The van der Waals surface area contributed by atoms with Crippen molar-refractivity contribution in [2.45, 2.75) is 12.8 Å². The lowest BCUT2D eigenvalue weighted by Crippen LogP contribution is -2.47. The molecule has 0 N–H and O–H groups in total. The van der Waals surface area contributed by atoms with E-state index in [0.717, 1.165) is 31.7 Å². The fourth-order valence-electron chi connectivity index (χ4n) is 2.80. The molecule has 122 valence electrons. The van der Waals surface area contributed by atoms with Gasteiger partial charge in [0.25, 0.3) is 0 Å². The van der Waals surface area contributed by atoms with E-state index in [1.165, 1.54) is 12.1 Å². The van der Waals surface area contributed by atoms with Crippen molar-refractivity contribution in [3.8, 4) is 0 Å². The molecular weight excluding hydrogens is 317 g/mol. The molecule has 1 amide bonds. The summed E-state index contributed by atoms with van der Waals surface area (Å²) in [7, 11) is 2.06. The molecule has 2 heterocycles. The summed E-state index contributed by atoms with van der Waals surface area (Å²) in [5, 5.41) is 1.09. The van der Waals surface area contributed by atoms with E-state index >= 15 is 0 Å². The van der Waals surface area contributed by atoms with Crippen LogP contribution in [-0.2, 0) is 11.2 Å². The van der Waals surface area contributed by atoms with E-state index in [4.69, 9.17) is 11.6 Å². The van der Waals surface area contributed by atoms with Gasteiger partial charge in [-0.1, -0.05) is 11.6 Å². The van der Waals surface area contributed by atoms with Crippen LogP contribution in [0.1, 0.15) is 12.0 Å². The van der Waals surface area contributed by atoms with E-state index in [1.807, 2.05) is 11.0 Å². The molecule has 0 aliphatic carbocycles. The first kappa shape index (κ1) is 16.1. The number of carbonyl (C=O) groups excluding carboxylic acids is 1. The summed E-state index contributed by atoms with van der Waals surface area (Å²) in [4.78, 5) is 20.7. The van der Waals surface area contributed by atoms with Crippen molar-refractivity contribution in [1.29, 1.82) is 0 Å². The van der Waals surface area contributed by atoms with Crippen molar-refractivity contribution in [3.63, 3.8) is 0 Å². The van der Waals surface area contributed by atoms with Crippen LogP contribution in [0.15, 0.2) is 24.3 Å². The molecule has 0 saturated carbocycles. The average molecular weight is 336 g/mol. The van der Waals surface area contributed by atoms with Crippen LogP contribution in [0.2, 0.25) is 5.15 Å². The maximum absolute atomic E-state index is 13.3. The maximum atomic E-state index is 13.3. The number of halogens is 2. The van der Waals surface area contributed by atoms with Gasteiger partial charge in [0, 0.05) is 38.0 Å². The number of aromatic nitrogens is 1. The molecule has 0 bridgehead atoms. The summed E-state index contributed by atoms with van der Waals surface area (Å²) in [6.07, 6.45) is 0.912. The first-order chi connectivity index (χ1) is 11.0. The van der Waals surface area contributed by atoms with Crippen molar-refractivity contribution in [1.82, 2.24) is 14.8 Å². The van der Waals surface area contributed by atoms with Crippen molar-refractivity contribution >= 4 is 28.4 Å². The number of likely N-dealkylation sites (N-methyl/N-ethyl adjacent to an activating group) is 1. The summed E-state index contributed by atoms with van der Waals surface area (Å²) >= 11 is 6.19. The highest BCUT2D eigenvalue weighted by Gasteiger charge is 2.19. The monoisotopic (exact) mass is 335 g/mol. The predicted molar refractivity (Wildman–Crippen MR) is 89.1 cm³/mol. The van der Waals surface area contributed by atoms with Crippen LogP contribution < -0.4 is 0 Å². The van der Waals surface area contributed by atoms with Crippen molar-refractivity contribution < 1.29 is 9.18 Å². The van der Waals surface area contributed by atoms with Gasteiger partial charge in [0.2, 0.25) is 5.91 Å². The fourth-order valence-corrected chi connectivity index (χ4v) is 3.04. The third-order valence-electron chi connectivity index (χ3n) is 4.27. The molecule has 6 heteroatoms. The molecular formula is C17H19ClFN3O. The van der Waals surface area contributed by atoms with Crippen LogP contribution in [-0.4, -0.2) is 53.9 Å². The molecule has 1 fully saturated rings.